The average Bonchev–Trinajstić information content (AvgIpc) is 2.67. The Morgan fingerprint density at radius 2 is 1.59 bits per heavy atom. The van der Waals surface area contributed by atoms with Crippen LogP contribution in [-0.2, 0) is 25.6 Å². The molecule has 146 valence electrons. The molecular formula is C22H30O4Si. The molecule has 4 nitrogen and oxygen atoms in total. The van der Waals surface area contributed by atoms with Gasteiger partial charge in [-0.15, -0.1) is 0 Å². The van der Waals surface area contributed by atoms with E-state index in [1.807, 2.05) is 30.3 Å². The second-order valence-corrected chi connectivity index (χ2v) is 13.4. The summed E-state index contributed by atoms with van der Waals surface area (Å²) in [6.45, 7) is 8.10. The van der Waals surface area contributed by atoms with E-state index >= 15 is 0 Å². The zero-order chi connectivity index (χ0) is 19.7. The van der Waals surface area contributed by atoms with Gasteiger partial charge in [-0.3, -0.25) is 0 Å². The molecule has 1 atom stereocenters. The Balaban J connectivity index is 1.87. The molecule has 0 spiro atoms. The first kappa shape index (κ1) is 21.3. The highest BCUT2D eigenvalue weighted by molar-refractivity contribution is 6.76. The summed E-state index contributed by atoms with van der Waals surface area (Å²) in [4.78, 5) is 11.9. The van der Waals surface area contributed by atoms with Crippen LogP contribution in [0.4, 0.5) is 0 Å². The minimum atomic E-state index is -1.15. The second-order valence-electron chi connectivity index (χ2n) is 7.77. The van der Waals surface area contributed by atoms with Gasteiger partial charge >= 0.3 is 5.97 Å². The lowest BCUT2D eigenvalue weighted by atomic mass is 10.0. The van der Waals surface area contributed by atoms with Crippen molar-refractivity contribution in [2.75, 3.05) is 20.3 Å². The topological polar surface area (TPSA) is 44.8 Å². The van der Waals surface area contributed by atoms with E-state index in [1.165, 1.54) is 12.7 Å². The van der Waals surface area contributed by atoms with Crippen molar-refractivity contribution in [2.24, 2.45) is 0 Å². The fourth-order valence-electron chi connectivity index (χ4n) is 2.51. The lowest BCUT2D eigenvalue weighted by Crippen LogP contribution is -2.31. The van der Waals surface area contributed by atoms with Crippen molar-refractivity contribution < 1.29 is 19.0 Å². The maximum absolute atomic E-state index is 11.9. The van der Waals surface area contributed by atoms with Crippen LogP contribution in [0, 0.1) is 0 Å². The highest BCUT2D eigenvalue weighted by Gasteiger charge is 2.21. The third kappa shape index (κ3) is 7.67. The molecule has 1 unspecified atom stereocenters. The molecule has 0 heterocycles. The zero-order valence-corrected chi connectivity index (χ0v) is 17.7. The number of benzene rings is 2. The fraction of sp³-hybridized carbons (Fsp3) is 0.409. The molecule has 0 saturated heterocycles. The summed E-state index contributed by atoms with van der Waals surface area (Å²) >= 11 is 0. The van der Waals surface area contributed by atoms with Gasteiger partial charge in [0.15, 0.2) is 6.10 Å². The van der Waals surface area contributed by atoms with Crippen molar-refractivity contribution in [2.45, 2.75) is 38.4 Å². The van der Waals surface area contributed by atoms with Crippen LogP contribution in [0.15, 0.2) is 54.6 Å². The van der Waals surface area contributed by atoms with Gasteiger partial charge in [0.1, 0.15) is 0 Å². The maximum atomic E-state index is 11.9. The monoisotopic (exact) mass is 386 g/mol. The Labute approximate surface area is 163 Å². The zero-order valence-electron chi connectivity index (χ0n) is 16.7. The van der Waals surface area contributed by atoms with E-state index in [0.29, 0.717) is 13.2 Å². The van der Waals surface area contributed by atoms with Gasteiger partial charge in [0, 0.05) is 14.7 Å². The Morgan fingerprint density at radius 1 is 0.963 bits per heavy atom. The smallest absolute Gasteiger partial charge is 0.337 e. The van der Waals surface area contributed by atoms with Gasteiger partial charge in [0.25, 0.3) is 0 Å². The summed E-state index contributed by atoms with van der Waals surface area (Å²) in [5, 5.41) is 0. The maximum Gasteiger partial charge on any atom is 0.337 e. The molecule has 0 aliphatic carbocycles. The summed E-state index contributed by atoms with van der Waals surface area (Å²) in [6, 6.07) is 19.4. The van der Waals surface area contributed by atoms with E-state index in [0.717, 1.165) is 17.2 Å². The average molecular weight is 387 g/mol. The number of hydrogen-bond acceptors (Lipinski definition) is 4. The van der Waals surface area contributed by atoms with Crippen molar-refractivity contribution in [3.63, 3.8) is 0 Å². The third-order valence-corrected chi connectivity index (χ3v) is 5.95. The third-order valence-electron chi connectivity index (χ3n) is 4.24. The van der Waals surface area contributed by atoms with Gasteiger partial charge in [-0.2, -0.15) is 0 Å². The lowest BCUT2D eigenvalue weighted by Gasteiger charge is -2.19. The molecule has 0 fully saturated rings. The number of carbonyl (C=O) groups excluding carboxylic acids is 1. The van der Waals surface area contributed by atoms with E-state index in [1.54, 1.807) is 0 Å². The predicted octanol–water partition coefficient (Wildman–Crippen LogP) is 4.77. The van der Waals surface area contributed by atoms with Gasteiger partial charge in [0.05, 0.1) is 20.3 Å². The van der Waals surface area contributed by atoms with Gasteiger partial charge in [0.2, 0.25) is 0 Å². The lowest BCUT2D eigenvalue weighted by molar-refractivity contribution is -0.159. The predicted molar refractivity (Wildman–Crippen MR) is 111 cm³/mol. The van der Waals surface area contributed by atoms with E-state index in [-0.39, 0.29) is 6.61 Å². The largest absolute Gasteiger partial charge is 0.467 e. The van der Waals surface area contributed by atoms with Gasteiger partial charge in [-0.1, -0.05) is 74.2 Å². The van der Waals surface area contributed by atoms with E-state index in [9.17, 15) is 4.79 Å². The van der Waals surface area contributed by atoms with Crippen LogP contribution in [0.5, 0.6) is 0 Å². The molecule has 5 heteroatoms. The Kier molecular flexibility index (Phi) is 8.22. The quantitative estimate of drug-likeness (QED) is 0.335. The summed E-state index contributed by atoms with van der Waals surface area (Å²) in [5.74, 6) is -0.399. The number of hydrogen-bond donors (Lipinski definition) is 0. The fourth-order valence-corrected chi connectivity index (χ4v) is 3.26. The standard InChI is InChI=1S/C22H30O4Si/c1-24-22(23)21(17-25-14-15-27(2,3)4)26-16-18-10-12-20(13-11-18)19-8-6-5-7-9-19/h5-13,21H,14-17H2,1-4H3. The normalized spacial score (nSPS) is 12.6. The first-order chi connectivity index (χ1) is 12.9. The van der Waals surface area contributed by atoms with Crippen LogP contribution in [0.3, 0.4) is 0 Å². The Morgan fingerprint density at radius 3 is 2.19 bits per heavy atom. The first-order valence-corrected chi connectivity index (χ1v) is 13.0. The second kappa shape index (κ2) is 10.4. The number of rotatable bonds is 10. The van der Waals surface area contributed by atoms with Crippen molar-refractivity contribution in [3.05, 3.63) is 60.2 Å². The van der Waals surface area contributed by atoms with Crippen LogP contribution in [0.2, 0.25) is 25.7 Å². The van der Waals surface area contributed by atoms with E-state index < -0.39 is 20.1 Å². The molecule has 2 aromatic rings. The molecule has 27 heavy (non-hydrogen) atoms. The highest BCUT2D eigenvalue weighted by Crippen LogP contribution is 2.19. The van der Waals surface area contributed by atoms with Gasteiger partial charge in [-0.25, -0.2) is 4.79 Å². The molecule has 0 aliphatic heterocycles. The SMILES string of the molecule is COC(=O)C(COCC[Si](C)(C)C)OCc1ccc(-c2ccccc2)cc1. The number of ether oxygens (including phenoxy) is 3. The first-order valence-electron chi connectivity index (χ1n) is 9.30. The van der Waals surface area contributed by atoms with Gasteiger partial charge in [-0.05, 0) is 22.7 Å². The molecule has 0 aromatic heterocycles. The van der Waals surface area contributed by atoms with Crippen LogP contribution in [0.1, 0.15) is 5.56 Å². The molecule has 0 radical (unpaired) electrons. The van der Waals surface area contributed by atoms with Crippen molar-refractivity contribution in [1.29, 1.82) is 0 Å². The van der Waals surface area contributed by atoms with Crippen molar-refractivity contribution in [3.8, 4) is 11.1 Å². The van der Waals surface area contributed by atoms with Gasteiger partial charge < -0.3 is 14.2 Å². The Bertz CT molecular complexity index is 693. The molecule has 0 saturated carbocycles. The minimum Gasteiger partial charge on any atom is -0.467 e. The summed E-state index contributed by atoms with van der Waals surface area (Å²) in [6.07, 6.45) is -0.703. The molecular weight excluding hydrogens is 356 g/mol. The molecule has 0 N–H and O–H groups in total. The van der Waals surface area contributed by atoms with E-state index in [2.05, 4.69) is 43.9 Å². The van der Waals surface area contributed by atoms with Crippen molar-refractivity contribution in [1.82, 2.24) is 0 Å². The summed E-state index contributed by atoms with van der Waals surface area (Å²) in [7, 11) is 0.219. The number of carbonyl (C=O) groups is 1. The summed E-state index contributed by atoms with van der Waals surface area (Å²) in [5.41, 5.74) is 3.33. The van der Waals surface area contributed by atoms with Crippen molar-refractivity contribution >= 4 is 14.0 Å². The molecule has 0 aliphatic rings. The van der Waals surface area contributed by atoms with Crippen LogP contribution in [-0.4, -0.2) is 40.5 Å². The Hall–Kier alpha value is -1.95. The molecule has 2 aromatic carbocycles. The van der Waals surface area contributed by atoms with Crippen LogP contribution in [0.25, 0.3) is 11.1 Å². The number of methoxy groups -OCH3 is 1. The summed E-state index contributed by atoms with van der Waals surface area (Å²) < 4.78 is 16.3. The minimum absolute atomic E-state index is 0.221. The molecule has 0 amide bonds. The van der Waals surface area contributed by atoms with Crippen LogP contribution < -0.4 is 0 Å². The molecule has 2 rings (SSSR count). The van der Waals surface area contributed by atoms with Crippen LogP contribution >= 0.6 is 0 Å². The molecule has 0 bridgehead atoms. The van der Waals surface area contributed by atoms with E-state index in [4.69, 9.17) is 14.2 Å². The number of esters is 1. The highest BCUT2D eigenvalue weighted by atomic mass is 28.3.